The highest BCUT2D eigenvalue weighted by molar-refractivity contribution is 6.10. The summed E-state index contributed by atoms with van der Waals surface area (Å²) in [5.74, 6) is -1.59. The van der Waals surface area contributed by atoms with Crippen LogP contribution in [0.25, 0.3) is 0 Å². The molecule has 3 heterocycles. The highest BCUT2D eigenvalue weighted by atomic mass is 16.4. The molecule has 2 amide bonds. The van der Waals surface area contributed by atoms with Gasteiger partial charge in [-0.25, -0.2) is 4.79 Å². The van der Waals surface area contributed by atoms with Gasteiger partial charge in [-0.1, -0.05) is 6.07 Å². The van der Waals surface area contributed by atoms with Crippen molar-refractivity contribution in [2.75, 3.05) is 11.4 Å². The second-order valence-electron chi connectivity index (χ2n) is 7.77. The second-order valence-corrected chi connectivity index (χ2v) is 7.77. The van der Waals surface area contributed by atoms with Crippen LogP contribution < -0.4 is 4.90 Å². The standard InChI is InChI=1S/C20H23N5O4/c1-11-6-12(2)8-14(7-11)23-5-4-15(18(23)26)19(27)25-10-17-22-21-13(3)24(17)9-16(25)20(28)29/h6-8,15-16H,4-5,9-10H2,1-3H3,(H,28,29). The number of rotatable bonds is 3. The molecule has 1 fully saturated rings. The molecule has 2 unspecified atom stereocenters. The zero-order valence-corrected chi connectivity index (χ0v) is 16.6. The number of carboxylic acid groups (broad SMARTS) is 1. The quantitative estimate of drug-likeness (QED) is 0.776. The number of hydrogen-bond acceptors (Lipinski definition) is 5. The molecule has 9 heteroatoms. The molecule has 0 bridgehead atoms. The first kappa shape index (κ1) is 19.1. The van der Waals surface area contributed by atoms with Crippen LogP contribution in [0, 0.1) is 26.7 Å². The number of benzene rings is 1. The number of carbonyl (C=O) groups excluding carboxylic acids is 2. The van der Waals surface area contributed by atoms with E-state index >= 15 is 0 Å². The van der Waals surface area contributed by atoms with Crippen molar-refractivity contribution in [3.05, 3.63) is 41.0 Å². The molecule has 2 aliphatic rings. The molecule has 2 aromatic rings. The van der Waals surface area contributed by atoms with E-state index in [1.54, 1.807) is 16.4 Å². The van der Waals surface area contributed by atoms with Crippen LogP contribution in [0.15, 0.2) is 18.2 Å². The van der Waals surface area contributed by atoms with Crippen LogP contribution in [0.3, 0.4) is 0 Å². The van der Waals surface area contributed by atoms with Gasteiger partial charge in [0.1, 0.15) is 17.8 Å². The molecule has 29 heavy (non-hydrogen) atoms. The van der Waals surface area contributed by atoms with E-state index in [0.29, 0.717) is 24.6 Å². The Bertz CT molecular complexity index is 994. The van der Waals surface area contributed by atoms with Crippen molar-refractivity contribution in [1.29, 1.82) is 0 Å². The molecule has 1 saturated heterocycles. The first-order valence-corrected chi connectivity index (χ1v) is 9.58. The lowest BCUT2D eigenvalue weighted by atomic mass is 10.0. The lowest BCUT2D eigenvalue weighted by Crippen LogP contribution is -2.53. The van der Waals surface area contributed by atoms with Gasteiger partial charge in [0.05, 0.1) is 13.1 Å². The van der Waals surface area contributed by atoms with E-state index in [4.69, 9.17) is 0 Å². The van der Waals surface area contributed by atoms with Gasteiger partial charge in [-0.3, -0.25) is 9.59 Å². The van der Waals surface area contributed by atoms with E-state index in [1.165, 1.54) is 4.90 Å². The number of aryl methyl sites for hydroxylation is 3. The van der Waals surface area contributed by atoms with Crippen molar-refractivity contribution >= 4 is 23.5 Å². The van der Waals surface area contributed by atoms with Crippen molar-refractivity contribution in [3.63, 3.8) is 0 Å². The number of anilines is 1. The second kappa shape index (κ2) is 6.98. The fourth-order valence-electron chi connectivity index (χ4n) is 4.23. The molecule has 152 valence electrons. The largest absolute Gasteiger partial charge is 0.480 e. The Morgan fingerprint density at radius 2 is 1.79 bits per heavy atom. The van der Waals surface area contributed by atoms with Crippen molar-refractivity contribution < 1.29 is 19.5 Å². The molecule has 9 nitrogen and oxygen atoms in total. The van der Waals surface area contributed by atoms with Gasteiger partial charge in [0, 0.05) is 12.2 Å². The maximum absolute atomic E-state index is 13.2. The van der Waals surface area contributed by atoms with Gasteiger partial charge in [-0.15, -0.1) is 10.2 Å². The summed E-state index contributed by atoms with van der Waals surface area (Å²) in [7, 11) is 0. The maximum Gasteiger partial charge on any atom is 0.328 e. The number of nitrogens with zero attached hydrogens (tertiary/aromatic N) is 5. The highest BCUT2D eigenvalue weighted by Gasteiger charge is 2.44. The van der Waals surface area contributed by atoms with Gasteiger partial charge in [0.25, 0.3) is 0 Å². The lowest BCUT2D eigenvalue weighted by Gasteiger charge is -2.34. The predicted octanol–water partition coefficient (Wildman–Crippen LogP) is 1.05. The summed E-state index contributed by atoms with van der Waals surface area (Å²) in [5.41, 5.74) is 2.85. The first-order chi connectivity index (χ1) is 13.8. The molecule has 4 rings (SSSR count). The highest BCUT2D eigenvalue weighted by Crippen LogP contribution is 2.30. The summed E-state index contributed by atoms with van der Waals surface area (Å²) in [4.78, 5) is 41.0. The maximum atomic E-state index is 13.2. The normalized spacial score (nSPS) is 21.4. The van der Waals surface area contributed by atoms with E-state index in [-0.39, 0.29) is 19.0 Å². The third kappa shape index (κ3) is 3.26. The third-order valence-electron chi connectivity index (χ3n) is 5.65. The van der Waals surface area contributed by atoms with Gasteiger partial charge in [-0.2, -0.15) is 0 Å². The van der Waals surface area contributed by atoms with E-state index in [2.05, 4.69) is 10.2 Å². The zero-order valence-electron chi connectivity index (χ0n) is 16.6. The van der Waals surface area contributed by atoms with Crippen LogP contribution in [0.1, 0.15) is 29.2 Å². The summed E-state index contributed by atoms with van der Waals surface area (Å²) in [6, 6.07) is 4.82. The molecule has 1 aromatic carbocycles. The molecule has 2 aliphatic heterocycles. The number of fused-ring (bicyclic) bond motifs is 1. The molecule has 1 N–H and O–H groups in total. The molecule has 0 radical (unpaired) electrons. The fraction of sp³-hybridized carbons (Fsp3) is 0.450. The molecular formula is C20H23N5O4. The van der Waals surface area contributed by atoms with Crippen molar-refractivity contribution in [2.45, 2.75) is 46.3 Å². The molecular weight excluding hydrogens is 374 g/mol. The van der Waals surface area contributed by atoms with Crippen LogP contribution in [0.2, 0.25) is 0 Å². The molecule has 2 atom stereocenters. The summed E-state index contributed by atoms with van der Waals surface area (Å²) < 4.78 is 1.71. The molecule has 0 spiro atoms. The van der Waals surface area contributed by atoms with Gasteiger partial charge in [-0.05, 0) is 50.5 Å². The minimum absolute atomic E-state index is 0.0317. The monoisotopic (exact) mass is 397 g/mol. The van der Waals surface area contributed by atoms with Crippen molar-refractivity contribution in [1.82, 2.24) is 19.7 Å². The Hall–Kier alpha value is -3.23. The average Bonchev–Trinajstić information content (AvgIpc) is 3.22. The van der Waals surface area contributed by atoms with Gasteiger partial charge in [0.15, 0.2) is 5.82 Å². The number of aromatic nitrogens is 3. The topological polar surface area (TPSA) is 109 Å². The van der Waals surface area contributed by atoms with E-state index in [9.17, 15) is 19.5 Å². The lowest BCUT2D eigenvalue weighted by molar-refractivity contribution is -0.155. The number of carboxylic acids is 1. The van der Waals surface area contributed by atoms with Gasteiger partial charge >= 0.3 is 5.97 Å². The van der Waals surface area contributed by atoms with Crippen LogP contribution in [0.5, 0.6) is 0 Å². The van der Waals surface area contributed by atoms with E-state index in [1.807, 2.05) is 32.0 Å². The smallest absolute Gasteiger partial charge is 0.328 e. The van der Waals surface area contributed by atoms with E-state index in [0.717, 1.165) is 16.8 Å². The minimum atomic E-state index is -1.10. The Morgan fingerprint density at radius 1 is 1.10 bits per heavy atom. The Labute approximate surface area is 167 Å². The number of amides is 2. The van der Waals surface area contributed by atoms with Crippen molar-refractivity contribution in [3.8, 4) is 0 Å². The summed E-state index contributed by atoms with van der Waals surface area (Å²) in [6.45, 7) is 6.21. The molecule has 0 saturated carbocycles. The fourth-order valence-corrected chi connectivity index (χ4v) is 4.23. The molecule has 1 aromatic heterocycles. The summed E-state index contributed by atoms with van der Waals surface area (Å²) in [6.07, 6.45) is 0.360. The number of carbonyl (C=O) groups is 3. The minimum Gasteiger partial charge on any atom is -0.480 e. The van der Waals surface area contributed by atoms with E-state index < -0.39 is 23.8 Å². The first-order valence-electron chi connectivity index (χ1n) is 9.58. The van der Waals surface area contributed by atoms with Crippen LogP contribution >= 0.6 is 0 Å². The predicted molar refractivity (Wildman–Crippen MR) is 103 cm³/mol. The summed E-state index contributed by atoms with van der Waals surface area (Å²) >= 11 is 0. The molecule has 0 aliphatic carbocycles. The Kier molecular flexibility index (Phi) is 4.60. The Morgan fingerprint density at radius 3 is 2.45 bits per heavy atom. The van der Waals surface area contributed by atoms with Gasteiger partial charge in [0.2, 0.25) is 11.8 Å². The zero-order chi connectivity index (χ0) is 20.9. The van der Waals surface area contributed by atoms with Crippen molar-refractivity contribution in [2.24, 2.45) is 5.92 Å². The third-order valence-corrected chi connectivity index (χ3v) is 5.65. The SMILES string of the molecule is Cc1cc(C)cc(N2CCC(C(=O)N3Cc4nnc(C)n4CC3C(=O)O)C2=O)c1. The van der Waals surface area contributed by atoms with Crippen LogP contribution in [0.4, 0.5) is 5.69 Å². The Balaban J connectivity index is 1.59. The van der Waals surface area contributed by atoms with Crippen LogP contribution in [-0.4, -0.2) is 55.1 Å². The number of aliphatic carboxylic acids is 1. The van der Waals surface area contributed by atoms with Crippen LogP contribution in [-0.2, 0) is 27.5 Å². The summed E-state index contributed by atoms with van der Waals surface area (Å²) in [5, 5.41) is 17.7. The van der Waals surface area contributed by atoms with Gasteiger partial charge < -0.3 is 19.5 Å². The average molecular weight is 397 g/mol. The number of hydrogen-bond donors (Lipinski definition) is 1.